The summed E-state index contributed by atoms with van der Waals surface area (Å²) in [6.07, 6.45) is 3.93. The van der Waals surface area contributed by atoms with E-state index in [2.05, 4.69) is 11.5 Å². The molecule has 1 aliphatic heterocycles. The second-order valence-electron chi connectivity index (χ2n) is 7.24. The zero-order valence-corrected chi connectivity index (χ0v) is 15.3. The summed E-state index contributed by atoms with van der Waals surface area (Å²) in [5.41, 5.74) is 3.84. The predicted octanol–water partition coefficient (Wildman–Crippen LogP) is 3.83. The number of aromatic nitrogens is 1. The number of carbonyl (C=O) groups is 2. The maximum absolute atomic E-state index is 12.6. The number of benzene rings is 1. The Balaban J connectivity index is 1.40. The Morgan fingerprint density at radius 3 is 2.54 bits per heavy atom. The van der Waals surface area contributed by atoms with Crippen LogP contribution in [0.15, 0.2) is 30.3 Å². The van der Waals surface area contributed by atoms with Crippen molar-refractivity contribution < 1.29 is 14.3 Å². The normalized spacial score (nSPS) is 17.0. The lowest BCUT2D eigenvalue weighted by Crippen LogP contribution is -2.23. The van der Waals surface area contributed by atoms with Gasteiger partial charge in [-0.25, -0.2) is 0 Å². The molecule has 0 unspecified atom stereocenters. The molecule has 0 spiro atoms. The molecule has 1 saturated heterocycles. The number of ether oxygens (including phenoxy) is 1. The van der Waals surface area contributed by atoms with Gasteiger partial charge < -0.3 is 14.2 Å². The zero-order chi connectivity index (χ0) is 18.3. The number of amides is 1. The SMILES string of the molecule is Cc1cc(C(=O)COc2ccc(N3CCCC3=O)cc2)c(C)n1C1CC1. The second-order valence-corrected chi connectivity index (χ2v) is 7.24. The van der Waals surface area contributed by atoms with Gasteiger partial charge in [0.2, 0.25) is 11.7 Å². The Morgan fingerprint density at radius 1 is 1.19 bits per heavy atom. The van der Waals surface area contributed by atoms with Crippen molar-refractivity contribution in [3.63, 3.8) is 0 Å². The third-order valence-electron chi connectivity index (χ3n) is 5.29. The van der Waals surface area contributed by atoms with Crippen molar-refractivity contribution in [2.45, 2.75) is 45.6 Å². The summed E-state index contributed by atoms with van der Waals surface area (Å²) in [7, 11) is 0. The summed E-state index contributed by atoms with van der Waals surface area (Å²) in [6, 6.07) is 9.94. The number of anilines is 1. The molecule has 0 bridgehead atoms. The summed E-state index contributed by atoms with van der Waals surface area (Å²) in [5, 5.41) is 0. The fraction of sp³-hybridized carbons (Fsp3) is 0.429. The first-order valence-electron chi connectivity index (χ1n) is 9.29. The van der Waals surface area contributed by atoms with Crippen LogP contribution in [0.25, 0.3) is 0 Å². The van der Waals surface area contributed by atoms with E-state index in [-0.39, 0.29) is 18.3 Å². The van der Waals surface area contributed by atoms with Crippen LogP contribution in [0.4, 0.5) is 5.69 Å². The smallest absolute Gasteiger partial charge is 0.227 e. The van der Waals surface area contributed by atoms with Gasteiger partial charge in [-0.05, 0) is 63.4 Å². The van der Waals surface area contributed by atoms with Gasteiger partial charge in [-0.3, -0.25) is 9.59 Å². The number of nitrogens with zero attached hydrogens (tertiary/aromatic N) is 2. The van der Waals surface area contributed by atoms with Crippen LogP contribution in [-0.2, 0) is 4.79 Å². The van der Waals surface area contributed by atoms with E-state index in [4.69, 9.17) is 4.74 Å². The summed E-state index contributed by atoms with van der Waals surface area (Å²) in [5.74, 6) is 0.813. The van der Waals surface area contributed by atoms with E-state index < -0.39 is 0 Å². The highest BCUT2D eigenvalue weighted by Crippen LogP contribution is 2.38. The lowest BCUT2D eigenvalue weighted by atomic mass is 10.1. The van der Waals surface area contributed by atoms with Gasteiger partial charge in [0.25, 0.3) is 0 Å². The Bertz CT molecular complexity index is 847. The molecule has 2 heterocycles. The van der Waals surface area contributed by atoms with Crippen LogP contribution in [0.2, 0.25) is 0 Å². The highest BCUT2D eigenvalue weighted by Gasteiger charge is 2.28. The van der Waals surface area contributed by atoms with Gasteiger partial charge in [0.1, 0.15) is 5.75 Å². The van der Waals surface area contributed by atoms with Crippen molar-refractivity contribution in [1.82, 2.24) is 4.57 Å². The topological polar surface area (TPSA) is 51.5 Å². The van der Waals surface area contributed by atoms with Crippen LogP contribution >= 0.6 is 0 Å². The molecule has 0 N–H and O–H groups in total. The molecular formula is C21H24N2O3. The van der Waals surface area contributed by atoms with Gasteiger partial charge in [0.15, 0.2) is 6.61 Å². The van der Waals surface area contributed by atoms with E-state index in [0.29, 0.717) is 18.2 Å². The molecule has 0 atom stereocenters. The number of hydrogen-bond acceptors (Lipinski definition) is 3. The maximum Gasteiger partial charge on any atom is 0.227 e. The molecule has 1 amide bonds. The van der Waals surface area contributed by atoms with E-state index in [1.807, 2.05) is 37.3 Å². The van der Waals surface area contributed by atoms with Crippen LogP contribution in [0.5, 0.6) is 5.75 Å². The minimum Gasteiger partial charge on any atom is -0.485 e. The lowest BCUT2D eigenvalue weighted by Gasteiger charge is -2.16. The molecule has 4 rings (SSSR count). The Kier molecular flexibility index (Phi) is 4.31. The van der Waals surface area contributed by atoms with E-state index in [9.17, 15) is 9.59 Å². The molecule has 26 heavy (non-hydrogen) atoms. The van der Waals surface area contributed by atoms with Crippen LogP contribution in [0, 0.1) is 13.8 Å². The molecule has 5 heteroatoms. The molecular weight excluding hydrogens is 328 g/mol. The summed E-state index contributed by atoms with van der Waals surface area (Å²) in [4.78, 5) is 26.2. The summed E-state index contributed by atoms with van der Waals surface area (Å²) < 4.78 is 7.96. The van der Waals surface area contributed by atoms with Gasteiger partial charge in [-0.2, -0.15) is 0 Å². The maximum atomic E-state index is 12.6. The van der Waals surface area contributed by atoms with E-state index in [1.165, 1.54) is 12.8 Å². The van der Waals surface area contributed by atoms with Crippen molar-refractivity contribution in [2.24, 2.45) is 0 Å². The van der Waals surface area contributed by atoms with Gasteiger partial charge in [0.05, 0.1) is 0 Å². The van der Waals surface area contributed by atoms with Crippen molar-refractivity contribution in [2.75, 3.05) is 18.1 Å². The largest absolute Gasteiger partial charge is 0.485 e. The van der Waals surface area contributed by atoms with Crippen LogP contribution in [-0.4, -0.2) is 29.4 Å². The van der Waals surface area contributed by atoms with Crippen molar-refractivity contribution in [3.05, 3.63) is 47.3 Å². The van der Waals surface area contributed by atoms with Gasteiger partial charge >= 0.3 is 0 Å². The standard InChI is InChI=1S/C21H24N2O3/c1-14-12-19(15(2)23(14)17-5-6-17)20(24)13-26-18-9-7-16(8-10-18)22-11-3-4-21(22)25/h7-10,12,17H,3-6,11,13H2,1-2H3. The van der Waals surface area contributed by atoms with Gasteiger partial charge in [-0.15, -0.1) is 0 Å². The number of aryl methyl sites for hydroxylation is 1. The highest BCUT2D eigenvalue weighted by atomic mass is 16.5. The molecule has 1 aromatic heterocycles. The highest BCUT2D eigenvalue weighted by molar-refractivity contribution is 5.98. The first-order chi connectivity index (χ1) is 12.5. The lowest BCUT2D eigenvalue weighted by molar-refractivity contribution is -0.117. The number of carbonyl (C=O) groups excluding carboxylic acids is 2. The number of hydrogen-bond donors (Lipinski definition) is 0. The fourth-order valence-corrected chi connectivity index (χ4v) is 3.82. The molecule has 1 saturated carbocycles. The van der Waals surface area contributed by atoms with E-state index >= 15 is 0 Å². The first kappa shape index (κ1) is 16.9. The second kappa shape index (κ2) is 6.63. The average Bonchev–Trinajstić information content (AvgIpc) is 3.30. The van der Waals surface area contributed by atoms with Crippen molar-refractivity contribution >= 4 is 17.4 Å². The van der Waals surface area contributed by atoms with Gasteiger partial charge in [-0.1, -0.05) is 0 Å². The first-order valence-corrected chi connectivity index (χ1v) is 9.29. The van der Waals surface area contributed by atoms with E-state index in [0.717, 1.165) is 35.6 Å². The van der Waals surface area contributed by atoms with Crippen molar-refractivity contribution in [1.29, 1.82) is 0 Å². The number of Topliss-reactive ketones (excluding diaryl/α,β-unsaturated/α-hetero) is 1. The third kappa shape index (κ3) is 3.14. The number of rotatable bonds is 6. The molecule has 5 nitrogen and oxygen atoms in total. The third-order valence-corrected chi connectivity index (χ3v) is 5.29. The molecule has 0 radical (unpaired) electrons. The predicted molar refractivity (Wildman–Crippen MR) is 100 cm³/mol. The number of ketones is 1. The minimum atomic E-state index is 0.00352. The molecule has 1 aromatic carbocycles. The minimum absolute atomic E-state index is 0.00352. The Morgan fingerprint density at radius 2 is 1.92 bits per heavy atom. The zero-order valence-electron chi connectivity index (χ0n) is 15.3. The molecule has 2 aliphatic rings. The monoisotopic (exact) mass is 352 g/mol. The van der Waals surface area contributed by atoms with Gasteiger partial charge in [0, 0.05) is 41.6 Å². The molecule has 136 valence electrons. The molecule has 2 aromatic rings. The quantitative estimate of drug-likeness (QED) is 0.743. The average molecular weight is 352 g/mol. The van der Waals surface area contributed by atoms with Crippen LogP contribution in [0.1, 0.15) is 53.5 Å². The van der Waals surface area contributed by atoms with Crippen LogP contribution < -0.4 is 9.64 Å². The Labute approximate surface area is 153 Å². The summed E-state index contributed by atoms with van der Waals surface area (Å²) >= 11 is 0. The molecule has 2 fully saturated rings. The molecule has 1 aliphatic carbocycles. The van der Waals surface area contributed by atoms with Crippen LogP contribution in [0.3, 0.4) is 0 Å². The van der Waals surface area contributed by atoms with E-state index in [1.54, 1.807) is 4.90 Å². The van der Waals surface area contributed by atoms with Crippen molar-refractivity contribution in [3.8, 4) is 5.75 Å². The Hall–Kier alpha value is -2.56. The fourth-order valence-electron chi connectivity index (χ4n) is 3.82. The summed E-state index contributed by atoms with van der Waals surface area (Å²) in [6.45, 7) is 4.87.